The van der Waals surface area contributed by atoms with E-state index in [2.05, 4.69) is 40.1 Å². The second kappa shape index (κ2) is 12.8. The Labute approximate surface area is 221 Å². The number of amides is 2. The normalized spacial score (nSPS) is 19.9. The maximum Gasteiger partial charge on any atom is 1.00 e. The van der Waals surface area contributed by atoms with E-state index in [9.17, 15) is 9.59 Å². The molecule has 1 saturated carbocycles. The quantitative estimate of drug-likeness (QED) is 0.297. The molecule has 1 rings (SSSR count). The standard InChI is InChI=1S/C25H47N2O5Si.Li/c1-16(2)26(17(3)4)23(28)30-15-20-21(31-24(29)27(18(5)6)19(7)8)14-22(20)32-33(12,13)25(9,10)11;/h16-19,21-22H,14H2,1-13H3;/q-1;+1/t21-,22+;/m1./s1. The van der Waals surface area contributed by atoms with Crippen LogP contribution in [0.15, 0.2) is 5.57 Å². The monoisotopic (exact) mass is 490 g/mol. The molecule has 0 spiro atoms. The van der Waals surface area contributed by atoms with Gasteiger partial charge in [0.25, 0.3) is 0 Å². The molecule has 2 atom stereocenters. The van der Waals surface area contributed by atoms with Crippen molar-refractivity contribution in [3.63, 3.8) is 0 Å². The molecule has 0 heterocycles. The van der Waals surface area contributed by atoms with Gasteiger partial charge >= 0.3 is 25.0 Å². The first-order valence-electron chi connectivity index (χ1n) is 12.2. The SMILES string of the molecule is CC(C)N(C(=O)O[C-]=C1[C@@H](O[Si](C)(C)C(C)(C)C)C[C@H]1OC(=O)N(C(C)C)C(C)C)C(C)C.[Li+]. The summed E-state index contributed by atoms with van der Waals surface area (Å²) in [6.07, 6.45) is 1.68. The number of rotatable bonds is 8. The summed E-state index contributed by atoms with van der Waals surface area (Å²) in [6, 6.07) is 0.00179. The maximum absolute atomic E-state index is 12.9. The summed E-state index contributed by atoms with van der Waals surface area (Å²) < 4.78 is 17.8. The summed E-state index contributed by atoms with van der Waals surface area (Å²) in [5, 5.41) is 0.0225. The Balaban J connectivity index is 0.0000109. The molecule has 0 radical (unpaired) electrons. The molecule has 1 aliphatic rings. The van der Waals surface area contributed by atoms with Crippen molar-refractivity contribution in [1.29, 1.82) is 0 Å². The Kier molecular flexibility index (Phi) is 12.5. The van der Waals surface area contributed by atoms with Crippen LogP contribution in [0.1, 0.15) is 82.6 Å². The average molecular weight is 491 g/mol. The summed E-state index contributed by atoms with van der Waals surface area (Å²) in [4.78, 5) is 28.9. The number of hydrogen-bond donors (Lipinski definition) is 0. The predicted molar refractivity (Wildman–Crippen MR) is 134 cm³/mol. The number of nitrogens with zero attached hydrogens (tertiary/aromatic N) is 2. The van der Waals surface area contributed by atoms with Gasteiger partial charge in [-0.25, -0.2) is 4.79 Å². The summed E-state index contributed by atoms with van der Waals surface area (Å²) in [7, 11) is -2.08. The van der Waals surface area contributed by atoms with Crippen molar-refractivity contribution >= 4 is 20.5 Å². The van der Waals surface area contributed by atoms with E-state index in [4.69, 9.17) is 13.9 Å². The van der Waals surface area contributed by atoms with Crippen molar-refractivity contribution in [3.8, 4) is 0 Å². The van der Waals surface area contributed by atoms with Crippen molar-refractivity contribution in [3.05, 3.63) is 11.8 Å². The second-order valence-electron chi connectivity index (χ2n) is 11.6. The van der Waals surface area contributed by atoms with Gasteiger partial charge in [-0.2, -0.15) is 0 Å². The summed E-state index contributed by atoms with van der Waals surface area (Å²) in [6.45, 7) is 26.5. The van der Waals surface area contributed by atoms with Gasteiger partial charge in [-0.3, -0.25) is 0 Å². The van der Waals surface area contributed by atoms with Gasteiger partial charge in [-0.05, 0) is 73.5 Å². The topological polar surface area (TPSA) is 68.3 Å². The van der Waals surface area contributed by atoms with Crippen LogP contribution in [0.2, 0.25) is 18.1 Å². The van der Waals surface area contributed by atoms with E-state index in [1.165, 1.54) is 0 Å². The molecule has 1 fully saturated rings. The fraction of sp³-hybridized carbons (Fsp3) is 0.840. The van der Waals surface area contributed by atoms with E-state index in [1.807, 2.05) is 55.4 Å². The molecule has 9 heteroatoms. The molecule has 0 unspecified atom stereocenters. The van der Waals surface area contributed by atoms with Crippen molar-refractivity contribution in [2.75, 3.05) is 0 Å². The summed E-state index contributed by atoms with van der Waals surface area (Å²) in [5.41, 5.74) is 0.585. The van der Waals surface area contributed by atoms with Crippen molar-refractivity contribution in [2.45, 2.75) is 137 Å². The van der Waals surface area contributed by atoms with Crippen LogP contribution in [0.25, 0.3) is 0 Å². The zero-order valence-electron chi connectivity index (χ0n) is 24.1. The van der Waals surface area contributed by atoms with E-state index < -0.39 is 20.5 Å². The van der Waals surface area contributed by atoms with Crippen molar-refractivity contribution < 1.29 is 42.3 Å². The molecule has 0 bridgehead atoms. The molecule has 192 valence electrons. The smallest absolute Gasteiger partial charge is 0.602 e. The van der Waals surface area contributed by atoms with Crippen LogP contribution in [0, 0.1) is 6.26 Å². The zero-order chi connectivity index (χ0) is 25.9. The van der Waals surface area contributed by atoms with Gasteiger partial charge in [0.2, 0.25) is 6.09 Å². The molecular weight excluding hydrogens is 443 g/mol. The molecule has 1 aliphatic carbocycles. The molecule has 0 aromatic rings. The number of carbonyl (C=O) groups is 2. The van der Waals surface area contributed by atoms with Gasteiger partial charge in [-0.15, -0.1) is 0 Å². The Morgan fingerprint density at radius 3 is 1.65 bits per heavy atom. The second-order valence-corrected chi connectivity index (χ2v) is 16.3. The summed E-state index contributed by atoms with van der Waals surface area (Å²) in [5.74, 6) is 0. The van der Waals surface area contributed by atoms with Crippen molar-refractivity contribution in [1.82, 2.24) is 9.80 Å². The fourth-order valence-corrected chi connectivity index (χ4v) is 5.04. The molecule has 0 aromatic heterocycles. The van der Waals surface area contributed by atoms with Crippen molar-refractivity contribution in [2.24, 2.45) is 0 Å². The van der Waals surface area contributed by atoms with Gasteiger partial charge in [0.15, 0.2) is 8.32 Å². The molecule has 34 heavy (non-hydrogen) atoms. The number of hydrogen-bond acceptors (Lipinski definition) is 5. The van der Waals surface area contributed by atoms with Crippen LogP contribution in [0.5, 0.6) is 0 Å². The van der Waals surface area contributed by atoms with E-state index >= 15 is 0 Å². The van der Waals surface area contributed by atoms with Crippen LogP contribution in [-0.2, 0) is 13.9 Å². The van der Waals surface area contributed by atoms with Gasteiger partial charge in [-0.1, -0.05) is 32.6 Å². The molecule has 7 nitrogen and oxygen atoms in total. The van der Waals surface area contributed by atoms with Crippen LogP contribution in [-0.4, -0.2) is 66.7 Å². The third-order valence-electron chi connectivity index (χ3n) is 6.51. The first kappa shape index (κ1) is 33.1. The van der Waals surface area contributed by atoms with Gasteiger partial charge in [0.05, 0.1) is 6.10 Å². The Hall–Kier alpha value is -0.946. The molecular formula is C25H47LiN2O5Si. The minimum atomic E-state index is -2.08. The van der Waals surface area contributed by atoms with Crippen LogP contribution in [0.4, 0.5) is 9.59 Å². The van der Waals surface area contributed by atoms with Gasteiger partial charge in [0.1, 0.15) is 6.10 Å². The first-order valence-corrected chi connectivity index (χ1v) is 15.1. The predicted octanol–water partition coefficient (Wildman–Crippen LogP) is 3.35. The van der Waals surface area contributed by atoms with Crippen LogP contribution in [0.3, 0.4) is 0 Å². The largest absolute Gasteiger partial charge is 1.00 e. The number of carbonyl (C=O) groups excluding carboxylic acids is 2. The Morgan fingerprint density at radius 1 is 0.853 bits per heavy atom. The van der Waals surface area contributed by atoms with E-state index in [0.717, 1.165) is 0 Å². The first-order chi connectivity index (χ1) is 14.9. The van der Waals surface area contributed by atoms with Gasteiger partial charge in [0, 0.05) is 30.6 Å². The fourth-order valence-electron chi connectivity index (χ4n) is 3.76. The minimum absolute atomic E-state index is 0. The zero-order valence-corrected chi connectivity index (χ0v) is 25.1. The third-order valence-corrected chi connectivity index (χ3v) is 11.0. The van der Waals surface area contributed by atoms with Crippen LogP contribution < -0.4 is 18.9 Å². The minimum Gasteiger partial charge on any atom is -0.602 e. The van der Waals surface area contributed by atoms with Crippen LogP contribution >= 0.6 is 0 Å². The third kappa shape index (κ3) is 8.32. The molecule has 0 N–H and O–H groups in total. The number of ether oxygens (including phenoxy) is 2. The molecule has 0 saturated heterocycles. The molecule has 0 aromatic carbocycles. The summed E-state index contributed by atoms with van der Waals surface area (Å²) >= 11 is 0. The molecule has 0 aliphatic heterocycles. The Morgan fingerprint density at radius 2 is 1.26 bits per heavy atom. The van der Waals surface area contributed by atoms with E-state index in [-0.39, 0.29) is 60.3 Å². The average Bonchev–Trinajstić information content (AvgIpc) is 2.58. The van der Waals surface area contributed by atoms with Gasteiger partial charge < -0.3 is 28.5 Å². The maximum atomic E-state index is 12.9. The Bertz CT molecular complexity index is 701. The van der Waals surface area contributed by atoms with E-state index in [1.54, 1.807) is 9.80 Å². The van der Waals surface area contributed by atoms with E-state index in [0.29, 0.717) is 12.0 Å². The molecule has 2 amide bonds.